The van der Waals surface area contributed by atoms with Crippen LogP contribution in [0.4, 0.5) is 0 Å². The maximum absolute atomic E-state index is 11.9. The number of nitrogens with one attached hydrogen (secondary N) is 3. The van der Waals surface area contributed by atoms with Crippen LogP contribution in [-0.4, -0.2) is 37.9 Å². The van der Waals surface area contributed by atoms with E-state index >= 15 is 0 Å². The molecule has 2 rings (SSSR count). The Morgan fingerprint density at radius 1 is 1.14 bits per heavy atom. The maximum Gasteiger partial charge on any atom is 0.251 e. The fraction of sp³-hybridized carbons (Fsp3) is 0.571. The van der Waals surface area contributed by atoms with Crippen molar-refractivity contribution in [3.63, 3.8) is 0 Å². The Bertz CT molecular complexity index is 693. The largest absolute Gasteiger partial charge is 0.368 e. The van der Waals surface area contributed by atoms with Gasteiger partial charge in [0.15, 0.2) is 5.96 Å². The lowest BCUT2D eigenvalue weighted by molar-refractivity contribution is -0.117. The first kappa shape index (κ1) is 21.7. The van der Waals surface area contributed by atoms with Gasteiger partial charge in [0.2, 0.25) is 5.91 Å². The van der Waals surface area contributed by atoms with Gasteiger partial charge in [0.25, 0.3) is 5.91 Å². The Kier molecular flexibility index (Phi) is 7.84. The van der Waals surface area contributed by atoms with Crippen LogP contribution in [0.2, 0.25) is 0 Å². The van der Waals surface area contributed by atoms with E-state index in [1.165, 1.54) is 25.7 Å². The van der Waals surface area contributed by atoms with Gasteiger partial charge < -0.3 is 21.7 Å². The third-order valence-electron chi connectivity index (χ3n) is 5.21. The molecule has 0 aliphatic heterocycles. The van der Waals surface area contributed by atoms with E-state index in [4.69, 9.17) is 5.73 Å². The number of carbonyl (C=O) groups is 2. The van der Waals surface area contributed by atoms with Crippen molar-refractivity contribution in [2.45, 2.75) is 46.1 Å². The summed E-state index contributed by atoms with van der Waals surface area (Å²) in [6, 6.07) is 7.22. The minimum Gasteiger partial charge on any atom is -0.368 e. The highest BCUT2D eigenvalue weighted by Crippen LogP contribution is 2.45. The summed E-state index contributed by atoms with van der Waals surface area (Å²) in [6.45, 7) is 5.96. The molecule has 0 spiro atoms. The first-order chi connectivity index (χ1) is 13.3. The van der Waals surface area contributed by atoms with E-state index in [0.717, 1.165) is 18.1 Å². The van der Waals surface area contributed by atoms with Crippen LogP contribution in [0, 0.1) is 11.3 Å². The summed E-state index contributed by atoms with van der Waals surface area (Å²) >= 11 is 0. The summed E-state index contributed by atoms with van der Waals surface area (Å²) in [7, 11) is 1.78. The smallest absolute Gasteiger partial charge is 0.251 e. The number of rotatable bonds is 9. The Balaban J connectivity index is 1.81. The summed E-state index contributed by atoms with van der Waals surface area (Å²) in [5, 5.41) is 9.28. The minimum absolute atomic E-state index is 0.164. The highest BCUT2D eigenvalue weighted by molar-refractivity contribution is 5.96. The van der Waals surface area contributed by atoms with Crippen molar-refractivity contribution in [2.75, 3.05) is 20.1 Å². The second kappa shape index (κ2) is 10.1. The number of carbonyl (C=O) groups excluding carboxylic acids is 2. The summed E-state index contributed by atoms with van der Waals surface area (Å²) in [4.78, 5) is 27.0. The highest BCUT2D eigenvalue weighted by Gasteiger charge is 2.37. The lowest BCUT2D eigenvalue weighted by Crippen LogP contribution is -2.46. The Labute approximate surface area is 167 Å². The van der Waals surface area contributed by atoms with Crippen LogP contribution in [0.5, 0.6) is 0 Å². The van der Waals surface area contributed by atoms with Crippen molar-refractivity contribution < 1.29 is 9.59 Å². The summed E-state index contributed by atoms with van der Waals surface area (Å²) in [5.74, 6) is 0.617. The average molecular weight is 388 g/mol. The molecule has 0 bridgehead atoms. The molecule has 28 heavy (non-hydrogen) atoms. The Morgan fingerprint density at radius 3 is 2.32 bits per heavy atom. The third kappa shape index (κ3) is 6.55. The predicted octanol–water partition coefficient (Wildman–Crippen LogP) is 1.78. The molecular weight excluding hydrogens is 354 g/mol. The van der Waals surface area contributed by atoms with Crippen molar-refractivity contribution in [1.29, 1.82) is 0 Å². The highest BCUT2D eigenvalue weighted by atomic mass is 16.2. The molecule has 0 radical (unpaired) electrons. The molecule has 0 aromatic heterocycles. The van der Waals surface area contributed by atoms with Gasteiger partial charge >= 0.3 is 0 Å². The molecule has 1 aromatic rings. The molecule has 0 heterocycles. The SMILES string of the molecule is CN=C(NCc1ccc(C(=O)NCC(N)=O)cc1)NCC1(CC(C)C)CCC1. The molecule has 1 aromatic carbocycles. The van der Waals surface area contributed by atoms with Gasteiger partial charge in [-0.3, -0.25) is 14.6 Å². The van der Waals surface area contributed by atoms with Crippen molar-refractivity contribution >= 4 is 17.8 Å². The quantitative estimate of drug-likeness (QED) is 0.382. The molecular formula is C21H33N5O2. The van der Waals surface area contributed by atoms with Gasteiger partial charge in [-0.2, -0.15) is 0 Å². The number of hydrogen-bond acceptors (Lipinski definition) is 3. The molecule has 0 saturated heterocycles. The monoisotopic (exact) mass is 387 g/mol. The van der Waals surface area contributed by atoms with Gasteiger partial charge in [0, 0.05) is 25.7 Å². The topological polar surface area (TPSA) is 109 Å². The number of guanidine groups is 1. The van der Waals surface area contributed by atoms with Gasteiger partial charge in [-0.1, -0.05) is 32.4 Å². The van der Waals surface area contributed by atoms with Gasteiger partial charge in [-0.15, -0.1) is 0 Å². The van der Waals surface area contributed by atoms with Crippen LogP contribution in [0.15, 0.2) is 29.3 Å². The number of hydrogen-bond donors (Lipinski definition) is 4. The minimum atomic E-state index is -0.565. The number of benzene rings is 1. The molecule has 7 heteroatoms. The van der Waals surface area contributed by atoms with E-state index in [9.17, 15) is 9.59 Å². The standard InChI is InChI=1S/C21H33N5O2/c1-15(2)11-21(9-4-10-21)14-26-20(23-3)25-12-16-5-7-17(8-6-16)19(28)24-13-18(22)27/h5-8,15H,4,9-14H2,1-3H3,(H2,22,27)(H,24,28)(H2,23,25,26). The molecule has 1 saturated carbocycles. The number of aliphatic imine (C=N–C) groups is 1. The molecule has 0 atom stereocenters. The first-order valence-electron chi connectivity index (χ1n) is 9.93. The van der Waals surface area contributed by atoms with Gasteiger partial charge in [0.1, 0.15) is 0 Å². The molecule has 5 N–H and O–H groups in total. The van der Waals surface area contributed by atoms with Crippen LogP contribution in [0.25, 0.3) is 0 Å². The fourth-order valence-corrected chi connectivity index (χ4v) is 3.72. The van der Waals surface area contributed by atoms with Crippen LogP contribution in [0.1, 0.15) is 55.5 Å². The van der Waals surface area contributed by atoms with Gasteiger partial charge in [-0.25, -0.2) is 0 Å². The van der Waals surface area contributed by atoms with E-state index in [1.54, 1.807) is 19.2 Å². The van der Waals surface area contributed by atoms with Crippen LogP contribution < -0.4 is 21.7 Å². The average Bonchev–Trinajstić information content (AvgIpc) is 2.64. The van der Waals surface area contributed by atoms with E-state index in [0.29, 0.717) is 23.4 Å². The fourth-order valence-electron chi connectivity index (χ4n) is 3.72. The lowest BCUT2D eigenvalue weighted by Gasteiger charge is -2.43. The molecule has 1 aliphatic carbocycles. The number of nitrogens with zero attached hydrogens (tertiary/aromatic N) is 1. The molecule has 1 aliphatic rings. The molecule has 0 unspecified atom stereocenters. The van der Waals surface area contributed by atoms with Crippen LogP contribution in [0.3, 0.4) is 0 Å². The van der Waals surface area contributed by atoms with Crippen molar-refractivity contribution in [3.05, 3.63) is 35.4 Å². The molecule has 1 fully saturated rings. The number of nitrogens with two attached hydrogens (primary N) is 1. The third-order valence-corrected chi connectivity index (χ3v) is 5.21. The van der Waals surface area contributed by atoms with E-state index in [2.05, 4.69) is 34.8 Å². The Morgan fingerprint density at radius 2 is 1.82 bits per heavy atom. The zero-order valence-electron chi connectivity index (χ0n) is 17.2. The normalized spacial score (nSPS) is 15.6. The lowest BCUT2D eigenvalue weighted by atomic mass is 9.64. The predicted molar refractivity (Wildman–Crippen MR) is 112 cm³/mol. The molecule has 154 valence electrons. The van der Waals surface area contributed by atoms with E-state index in [1.807, 2.05) is 12.1 Å². The molecule has 2 amide bonds. The zero-order chi connectivity index (χ0) is 20.6. The first-order valence-corrected chi connectivity index (χ1v) is 9.93. The number of amides is 2. The summed E-state index contributed by atoms with van der Waals surface area (Å²) in [5.41, 5.74) is 6.97. The van der Waals surface area contributed by atoms with Crippen molar-refractivity contribution in [2.24, 2.45) is 22.1 Å². The van der Waals surface area contributed by atoms with Gasteiger partial charge in [0.05, 0.1) is 6.54 Å². The van der Waals surface area contributed by atoms with Gasteiger partial charge in [-0.05, 0) is 48.3 Å². The van der Waals surface area contributed by atoms with Crippen LogP contribution in [-0.2, 0) is 11.3 Å². The Hall–Kier alpha value is -2.57. The van der Waals surface area contributed by atoms with E-state index in [-0.39, 0.29) is 12.5 Å². The zero-order valence-corrected chi connectivity index (χ0v) is 17.2. The summed E-state index contributed by atoms with van der Waals surface area (Å²) < 4.78 is 0. The van der Waals surface area contributed by atoms with Crippen molar-refractivity contribution in [1.82, 2.24) is 16.0 Å². The van der Waals surface area contributed by atoms with Crippen LogP contribution >= 0.6 is 0 Å². The number of primary amides is 1. The maximum atomic E-state index is 11.9. The second-order valence-corrected chi connectivity index (χ2v) is 8.08. The molecule has 7 nitrogen and oxygen atoms in total. The van der Waals surface area contributed by atoms with Crippen molar-refractivity contribution in [3.8, 4) is 0 Å². The van der Waals surface area contributed by atoms with E-state index < -0.39 is 5.91 Å². The second-order valence-electron chi connectivity index (χ2n) is 8.08. The summed E-state index contributed by atoms with van der Waals surface area (Å²) in [6.07, 6.45) is 5.14.